The molecule has 0 saturated heterocycles. The number of hydrogen-bond donors (Lipinski definition) is 0. The second-order valence-electron chi connectivity index (χ2n) is 3.30. The normalized spacial score (nSPS) is 10.4. The van der Waals surface area contributed by atoms with Crippen molar-refractivity contribution in [3.05, 3.63) is 37.9 Å². The van der Waals surface area contributed by atoms with Gasteiger partial charge in [0.1, 0.15) is 10.8 Å². The second-order valence-corrected chi connectivity index (χ2v) is 6.11. The zero-order valence-corrected chi connectivity index (χ0v) is 11.8. The van der Waals surface area contributed by atoms with Gasteiger partial charge in [-0.2, -0.15) is 0 Å². The number of halogens is 1. The highest BCUT2D eigenvalue weighted by Crippen LogP contribution is 2.16. The van der Waals surface area contributed by atoms with Crippen molar-refractivity contribution in [3.63, 3.8) is 0 Å². The molecular formula is C11H11IN2OS. The predicted molar refractivity (Wildman–Crippen MR) is 73.0 cm³/mol. The van der Waals surface area contributed by atoms with Gasteiger partial charge in [-0.1, -0.05) is 23.5 Å². The molecule has 0 spiro atoms. The van der Waals surface area contributed by atoms with Crippen molar-refractivity contribution < 1.29 is 4.74 Å². The number of methoxy groups -OCH3 is 1. The van der Waals surface area contributed by atoms with Crippen molar-refractivity contribution in [3.8, 4) is 5.75 Å². The van der Waals surface area contributed by atoms with Crippen molar-refractivity contribution in [2.24, 2.45) is 0 Å². The number of ether oxygens (including phenoxy) is 1. The fourth-order valence-corrected chi connectivity index (χ4v) is 2.81. The van der Waals surface area contributed by atoms with Gasteiger partial charge in [0.15, 0.2) is 3.01 Å². The minimum absolute atomic E-state index is 0.897. The highest BCUT2D eigenvalue weighted by molar-refractivity contribution is 14.1. The van der Waals surface area contributed by atoms with Gasteiger partial charge in [-0.3, -0.25) is 0 Å². The molecule has 5 heteroatoms. The van der Waals surface area contributed by atoms with E-state index in [0.29, 0.717) is 0 Å². The van der Waals surface area contributed by atoms with E-state index in [0.717, 1.165) is 26.6 Å². The minimum atomic E-state index is 0.897. The summed E-state index contributed by atoms with van der Waals surface area (Å²) in [5.41, 5.74) is 1.30. The molecule has 0 atom stereocenters. The highest BCUT2D eigenvalue weighted by Gasteiger charge is 2.02. The Morgan fingerprint density at radius 1 is 1.19 bits per heavy atom. The Morgan fingerprint density at radius 3 is 2.50 bits per heavy atom. The molecule has 0 saturated carbocycles. The van der Waals surface area contributed by atoms with E-state index in [9.17, 15) is 0 Å². The molecule has 0 aliphatic carbocycles. The van der Waals surface area contributed by atoms with Gasteiger partial charge in [-0.25, -0.2) is 0 Å². The van der Waals surface area contributed by atoms with Crippen LogP contribution in [0.1, 0.15) is 10.6 Å². The Balaban J connectivity index is 1.94. The van der Waals surface area contributed by atoms with Crippen LogP contribution in [0.25, 0.3) is 0 Å². The van der Waals surface area contributed by atoms with Crippen LogP contribution in [0.4, 0.5) is 0 Å². The van der Waals surface area contributed by atoms with Gasteiger partial charge in [0.2, 0.25) is 0 Å². The zero-order chi connectivity index (χ0) is 11.4. The lowest BCUT2D eigenvalue weighted by atomic mass is 10.1. The van der Waals surface area contributed by atoms with Crippen LogP contribution in [0.2, 0.25) is 0 Å². The number of aromatic nitrogens is 2. The Kier molecular flexibility index (Phi) is 4.11. The van der Waals surface area contributed by atoms with E-state index in [4.69, 9.17) is 4.74 Å². The average Bonchev–Trinajstić information content (AvgIpc) is 2.73. The molecule has 0 aliphatic heterocycles. The monoisotopic (exact) mass is 346 g/mol. The Hall–Kier alpha value is -0.690. The average molecular weight is 346 g/mol. The van der Waals surface area contributed by atoms with Crippen molar-refractivity contribution in [2.45, 2.75) is 12.8 Å². The standard InChI is InChI=1S/C11H11IN2OS/c1-15-9-5-2-8(3-6-9)4-7-10-13-14-11(12)16-10/h2-3,5-6H,4,7H2,1H3. The number of nitrogens with zero attached hydrogens (tertiary/aromatic N) is 2. The third-order valence-electron chi connectivity index (χ3n) is 2.23. The summed E-state index contributed by atoms with van der Waals surface area (Å²) in [5, 5.41) is 9.19. The van der Waals surface area contributed by atoms with Crippen LogP contribution in [0.3, 0.4) is 0 Å². The smallest absolute Gasteiger partial charge is 0.178 e. The lowest BCUT2D eigenvalue weighted by Gasteiger charge is -2.01. The van der Waals surface area contributed by atoms with E-state index >= 15 is 0 Å². The van der Waals surface area contributed by atoms with E-state index in [1.54, 1.807) is 18.4 Å². The maximum absolute atomic E-state index is 5.11. The Bertz CT molecular complexity index is 455. The third kappa shape index (κ3) is 3.15. The summed E-state index contributed by atoms with van der Waals surface area (Å²) < 4.78 is 6.12. The Morgan fingerprint density at radius 2 is 1.94 bits per heavy atom. The van der Waals surface area contributed by atoms with Crippen LogP contribution < -0.4 is 4.74 Å². The number of rotatable bonds is 4. The molecule has 2 rings (SSSR count). The summed E-state index contributed by atoms with van der Waals surface area (Å²) in [6.45, 7) is 0. The molecule has 0 bridgehead atoms. The van der Waals surface area contributed by atoms with Crippen LogP contribution >= 0.6 is 33.9 Å². The van der Waals surface area contributed by atoms with Gasteiger partial charge in [-0.05, 0) is 46.7 Å². The predicted octanol–water partition coefficient (Wildman–Crippen LogP) is 2.94. The van der Waals surface area contributed by atoms with Gasteiger partial charge in [0.25, 0.3) is 0 Å². The summed E-state index contributed by atoms with van der Waals surface area (Å²) in [7, 11) is 1.68. The molecule has 16 heavy (non-hydrogen) atoms. The van der Waals surface area contributed by atoms with Gasteiger partial charge in [0.05, 0.1) is 7.11 Å². The SMILES string of the molecule is COc1ccc(CCc2nnc(I)s2)cc1. The number of benzene rings is 1. The zero-order valence-electron chi connectivity index (χ0n) is 8.81. The first-order valence-corrected chi connectivity index (χ1v) is 6.78. The van der Waals surface area contributed by atoms with Gasteiger partial charge >= 0.3 is 0 Å². The molecule has 0 fully saturated rings. The first kappa shape index (κ1) is 11.8. The van der Waals surface area contributed by atoms with Gasteiger partial charge < -0.3 is 4.74 Å². The minimum Gasteiger partial charge on any atom is -0.497 e. The molecule has 1 heterocycles. The van der Waals surface area contributed by atoms with Gasteiger partial charge in [-0.15, -0.1) is 10.2 Å². The van der Waals surface area contributed by atoms with Crippen LogP contribution in [0, 0.1) is 3.01 Å². The summed E-state index contributed by atoms with van der Waals surface area (Å²) in [4.78, 5) is 0. The van der Waals surface area contributed by atoms with E-state index in [2.05, 4.69) is 44.9 Å². The molecular weight excluding hydrogens is 335 g/mol. The third-order valence-corrected chi connectivity index (χ3v) is 3.88. The van der Waals surface area contributed by atoms with Crippen LogP contribution in [-0.2, 0) is 12.8 Å². The summed E-state index contributed by atoms with van der Waals surface area (Å²) in [5.74, 6) is 0.897. The molecule has 1 aromatic heterocycles. The molecule has 1 aromatic carbocycles. The highest BCUT2D eigenvalue weighted by atomic mass is 127. The van der Waals surface area contributed by atoms with E-state index in [1.165, 1.54) is 5.56 Å². The van der Waals surface area contributed by atoms with E-state index in [1.807, 2.05) is 12.1 Å². The Labute approximate surface area is 112 Å². The van der Waals surface area contributed by atoms with E-state index < -0.39 is 0 Å². The van der Waals surface area contributed by atoms with Crippen LogP contribution in [0.5, 0.6) is 5.75 Å². The molecule has 0 aliphatic rings. The molecule has 0 radical (unpaired) electrons. The molecule has 0 amide bonds. The summed E-state index contributed by atoms with van der Waals surface area (Å²) in [6.07, 6.45) is 1.95. The second kappa shape index (κ2) is 5.58. The van der Waals surface area contributed by atoms with Crippen LogP contribution in [-0.4, -0.2) is 17.3 Å². The number of aryl methyl sites for hydroxylation is 2. The largest absolute Gasteiger partial charge is 0.497 e. The van der Waals surface area contributed by atoms with Crippen LogP contribution in [0.15, 0.2) is 24.3 Å². The summed E-state index contributed by atoms with van der Waals surface area (Å²) in [6, 6.07) is 8.15. The number of hydrogen-bond acceptors (Lipinski definition) is 4. The maximum atomic E-state index is 5.11. The lowest BCUT2D eigenvalue weighted by molar-refractivity contribution is 0.414. The topological polar surface area (TPSA) is 35.0 Å². The van der Waals surface area contributed by atoms with Gasteiger partial charge in [0, 0.05) is 6.42 Å². The van der Waals surface area contributed by atoms with Crippen molar-refractivity contribution >= 4 is 33.9 Å². The van der Waals surface area contributed by atoms with Crippen molar-refractivity contribution in [2.75, 3.05) is 7.11 Å². The van der Waals surface area contributed by atoms with E-state index in [-0.39, 0.29) is 0 Å². The molecule has 0 unspecified atom stereocenters. The molecule has 2 aromatic rings. The molecule has 3 nitrogen and oxygen atoms in total. The quantitative estimate of drug-likeness (QED) is 0.799. The summed E-state index contributed by atoms with van der Waals surface area (Å²) >= 11 is 3.85. The fourth-order valence-electron chi connectivity index (χ4n) is 1.38. The van der Waals surface area contributed by atoms with Crippen molar-refractivity contribution in [1.82, 2.24) is 10.2 Å². The van der Waals surface area contributed by atoms with Crippen molar-refractivity contribution in [1.29, 1.82) is 0 Å². The first-order chi connectivity index (χ1) is 7.78. The fraction of sp³-hybridized carbons (Fsp3) is 0.273. The first-order valence-electron chi connectivity index (χ1n) is 4.89. The maximum Gasteiger partial charge on any atom is 0.178 e. The lowest BCUT2D eigenvalue weighted by Crippen LogP contribution is -1.91. The molecule has 0 N–H and O–H groups in total. The molecule has 84 valence electrons.